The average molecular weight is 354 g/mol. The van der Waals surface area contributed by atoms with E-state index in [1.54, 1.807) is 23.2 Å². The van der Waals surface area contributed by atoms with Gasteiger partial charge in [-0.3, -0.25) is 4.79 Å². The van der Waals surface area contributed by atoms with Gasteiger partial charge in [-0.15, -0.1) is 0 Å². The second-order valence-corrected chi connectivity index (χ2v) is 6.40. The minimum Gasteiger partial charge on any atom is -0.375 e. The van der Waals surface area contributed by atoms with Crippen LogP contribution in [-0.4, -0.2) is 51.6 Å². The molecule has 1 amide bonds. The van der Waals surface area contributed by atoms with Crippen molar-refractivity contribution in [1.82, 2.24) is 19.9 Å². The van der Waals surface area contributed by atoms with Gasteiger partial charge in [-0.1, -0.05) is 0 Å². The van der Waals surface area contributed by atoms with Gasteiger partial charge in [-0.2, -0.15) is 0 Å². The number of H-pyrrole nitrogens is 1. The Morgan fingerprint density at radius 1 is 1.35 bits per heavy atom. The maximum atomic E-state index is 13.3. The first-order valence-corrected chi connectivity index (χ1v) is 8.63. The molecule has 26 heavy (non-hydrogen) atoms. The van der Waals surface area contributed by atoms with Crippen LogP contribution in [0.25, 0.3) is 10.9 Å². The van der Waals surface area contributed by atoms with E-state index in [9.17, 15) is 9.18 Å². The van der Waals surface area contributed by atoms with Crippen LogP contribution in [-0.2, 0) is 11.2 Å². The van der Waals surface area contributed by atoms with Gasteiger partial charge in [0.1, 0.15) is 17.8 Å². The number of halogens is 1. The minimum atomic E-state index is -0.325. The molecule has 1 aliphatic rings. The highest BCUT2D eigenvalue weighted by Gasteiger charge is 2.26. The third kappa shape index (κ3) is 3.57. The molecule has 2 aromatic heterocycles. The highest BCUT2D eigenvalue weighted by atomic mass is 19.1. The van der Waals surface area contributed by atoms with Crippen LogP contribution in [0.5, 0.6) is 0 Å². The fourth-order valence-corrected chi connectivity index (χ4v) is 3.24. The molecule has 6 nitrogen and oxygen atoms in total. The third-order valence-electron chi connectivity index (χ3n) is 4.61. The molecule has 0 bridgehead atoms. The molecule has 0 spiro atoms. The van der Waals surface area contributed by atoms with Crippen molar-refractivity contribution in [3.8, 4) is 0 Å². The Balaban J connectivity index is 1.42. The molecule has 0 saturated carbocycles. The van der Waals surface area contributed by atoms with E-state index < -0.39 is 0 Å². The minimum absolute atomic E-state index is 0.0236. The average Bonchev–Trinajstić information content (AvgIpc) is 3.10. The number of amides is 1. The number of hydrogen-bond donors (Lipinski definition) is 1. The number of carbonyl (C=O) groups excluding carboxylic acids is 1. The van der Waals surface area contributed by atoms with Crippen LogP contribution in [0.1, 0.15) is 22.6 Å². The number of aromatic amines is 1. The van der Waals surface area contributed by atoms with E-state index in [4.69, 9.17) is 4.74 Å². The highest BCUT2D eigenvalue weighted by Crippen LogP contribution is 2.19. The Bertz CT molecular complexity index is 912. The van der Waals surface area contributed by atoms with E-state index in [1.807, 2.05) is 6.07 Å². The van der Waals surface area contributed by atoms with Gasteiger partial charge in [0.15, 0.2) is 0 Å². The fraction of sp³-hybridized carbons (Fsp3) is 0.316. The number of carbonyl (C=O) groups is 1. The standard InChI is InChI=1S/C19H19FN4O2/c20-14-2-1-13-9-18(23-17(13)10-14)19(25)24-7-8-26-16(11-24)4-3-15-5-6-21-12-22-15/h1-2,5-6,9-10,12,16,23H,3-4,7-8,11H2. The maximum absolute atomic E-state index is 13.3. The van der Waals surface area contributed by atoms with Gasteiger partial charge in [0.25, 0.3) is 5.91 Å². The van der Waals surface area contributed by atoms with Crippen molar-refractivity contribution in [1.29, 1.82) is 0 Å². The van der Waals surface area contributed by atoms with E-state index in [0.717, 1.165) is 23.9 Å². The van der Waals surface area contributed by atoms with Crippen molar-refractivity contribution < 1.29 is 13.9 Å². The summed E-state index contributed by atoms with van der Waals surface area (Å²) in [5, 5.41) is 0.823. The predicted octanol–water partition coefficient (Wildman–Crippen LogP) is 2.57. The zero-order valence-electron chi connectivity index (χ0n) is 14.2. The molecule has 1 aliphatic heterocycles. The van der Waals surface area contributed by atoms with Crippen molar-refractivity contribution >= 4 is 16.8 Å². The third-order valence-corrected chi connectivity index (χ3v) is 4.61. The molecule has 1 saturated heterocycles. The molecule has 1 aromatic carbocycles. The first-order valence-electron chi connectivity index (χ1n) is 8.63. The number of nitrogens with one attached hydrogen (secondary N) is 1. The summed E-state index contributed by atoms with van der Waals surface area (Å²) in [4.78, 5) is 25.7. The zero-order chi connectivity index (χ0) is 17.9. The van der Waals surface area contributed by atoms with Gasteiger partial charge in [-0.25, -0.2) is 14.4 Å². The fourth-order valence-electron chi connectivity index (χ4n) is 3.24. The van der Waals surface area contributed by atoms with Gasteiger partial charge in [0.2, 0.25) is 0 Å². The van der Waals surface area contributed by atoms with Crippen molar-refractivity contribution in [2.75, 3.05) is 19.7 Å². The molecule has 0 radical (unpaired) electrons. The molecule has 3 heterocycles. The normalized spacial score (nSPS) is 17.6. The van der Waals surface area contributed by atoms with E-state index in [1.165, 1.54) is 18.5 Å². The van der Waals surface area contributed by atoms with Crippen LogP contribution in [0, 0.1) is 5.82 Å². The zero-order valence-corrected chi connectivity index (χ0v) is 14.2. The Labute approximate surface area is 150 Å². The monoisotopic (exact) mass is 354 g/mol. The largest absolute Gasteiger partial charge is 0.375 e. The number of hydrogen-bond acceptors (Lipinski definition) is 4. The molecule has 7 heteroatoms. The second kappa shape index (κ2) is 7.21. The molecule has 3 aromatic rings. The summed E-state index contributed by atoms with van der Waals surface area (Å²) in [6.45, 7) is 1.59. The maximum Gasteiger partial charge on any atom is 0.270 e. The Hall–Kier alpha value is -2.80. The van der Waals surface area contributed by atoms with Crippen LogP contribution < -0.4 is 0 Å². The predicted molar refractivity (Wildman–Crippen MR) is 94.3 cm³/mol. The molecule has 4 rings (SSSR count). The summed E-state index contributed by atoms with van der Waals surface area (Å²) in [6.07, 6.45) is 4.80. The van der Waals surface area contributed by atoms with Gasteiger partial charge >= 0.3 is 0 Å². The molecule has 1 atom stereocenters. The van der Waals surface area contributed by atoms with Crippen LogP contribution in [0.15, 0.2) is 42.9 Å². The topological polar surface area (TPSA) is 71.1 Å². The molecular weight excluding hydrogens is 335 g/mol. The Morgan fingerprint density at radius 3 is 3.12 bits per heavy atom. The second-order valence-electron chi connectivity index (χ2n) is 6.40. The molecule has 134 valence electrons. The Kier molecular flexibility index (Phi) is 4.62. The quantitative estimate of drug-likeness (QED) is 0.782. The van der Waals surface area contributed by atoms with E-state index >= 15 is 0 Å². The first-order chi connectivity index (χ1) is 12.7. The summed E-state index contributed by atoms with van der Waals surface area (Å²) < 4.78 is 19.1. The highest BCUT2D eigenvalue weighted by molar-refractivity contribution is 5.98. The van der Waals surface area contributed by atoms with Crippen molar-refractivity contribution in [2.24, 2.45) is 0 Å². The van der Waals surface area contributed by atoms with Gasteiger partial charge in [0, 0.05) is 35.9 Å². The van der Waals surface area contributed by atoms with Gasteiger partial charge in [-0.05, 0) is 43.2 Å². The van der Waals surface area contributed by atoms with E-state index in [2.05, 4.69) is 15.0 Å². The summed E-state index contributed by atoms with van der Waals surface area (Å²) in [6, 6.07) is 8.11. The van der Waals surface area contributed by atoms with Crippen LogP contribution in [0.2, 0.25) is 0 Å². The molecule has 1 unspecified atom stereocenters. The number of benzene rings is 1. The number of aromatic nitrogens is 3. The molecular formula is C19H19FN4O2. The Morgan fingerprint density at radius 2 is 2.27 bits per heavy atom. The lowest BCUT2D eigenvalue weighted by molar-refractivity contribution is -0.0248. The number of aryl methyl sites for hydroxylation is 1. The number of rotatable bonds is 4. The summed E-state index contributed by atoms with van der Waals surface area (Å²) in [5.41, 5.74) is 2.06. The molecule has 0 aliphatic carbocycles. The smallest absolute Gasteiger partial charge is 0.270 e. The lowest BCUT2D eigenvalue weighted by Gasteiger charge is -2.32. The number of nitrogens with zero attached hydrogens (tertiary/aromatic N) is 3. The van der Waals surface area contributed by atoms with Crippen LogP contribution >= 0.6 is 0 Å². The molecule has 1 fully saturated rings. The number of fused-ring (bicyclic) bond motifs is 1. The van der Waals surface area contributed by atoms with Crippen molar-refractivity contribution in [3.63, 3.8) is 0 Å². The first kappa shape index (κ1) is 16.7. The summed E-state index contributed by atoms with van der Waals surface area (Å²) in [7, 11) is 0. The lowest BCUT2D eigenvalue weighted by Crippen LogP contribution is -2.45. The van der Waals surface area contributed by atoms with E-state index in [-0.39, 0.29) is 17.8 Å². The van der Waals surface area contributed by atoms with E-state index in [0.29, 0.717) is 30.9 Å². The van der Waals surface area contributed by atoms with Gasteiger partial charge < -0.3 is 14.6 Å². The van der Waals surface area contributed by atoms with Crippen LogP contribution in [0.4, 0.5) is 4.39 Å². The molecule has 1 N–H and O–H groups in total. The SMILES string of the molecule is O=C(c1cc2ccc(F)cc2[nH]1)N1CCOC(CCc2ccncn2)C1. The van der Waals surface area contributed by atoms with Gasteiger partial charge in [0.05, 0.1) is 12.7 Å². The van der Waals surface area contributed by atoms with Crippen molar-refractivity contribution in [2.45, 2.75) is 18.9 Å². The van der Waals surface area contributed by atoms with Crippen LogP contribution in [0.3, 0.4) is 0 Å². The number of ether oxygens (including phenoxy) is 1. The summed E-state index contributed by atoms with van der Waals surface area (Å²) in [5.74, 6) is -0.411. The summed E-state index contributed by atoms with van der Waals surface area (Å²) >= 11 is 0. The number of morpholine rings is 1. The lowest BCUT2D eigenvalue weighted by atomic mass is 10.1. The van der Waals surface area contributed by atoms with Crippen molar-refractivity contribution in [3.05, 3.63) is 60.1 Å².